The molecule has 3 rings (SSSR count). The van der Waals surface area contributed by atoms with Crippen LogP contribution in [0.3, 0.4) is 0 Å². The third-order valence-corrected chi connectivity index (χ3v) is 5.95. The van der Waals surface area contributed by atoms with Gasteiger partial charge < -0.3 is 14.8 Å². The summed E-state index contributed by atoms with van der Waals surface area (Å²) in [7, 11) is 1.18. The van der Waals surface area contributed by atoms with Crippen LogP contribution in [0.2, 0.25) is 0 Å². The molecule has 1 unspecified atom stereocenters. The number of hydrogen-bond acceptors (Lipinski definition) is 4. The van der Waals surface area contributed by atoms with E-state index in [9.17, 15) is 13.2 Å². The molecule has 134 valence electrons. The van der Waals surface area contributed by atoms with Crippen molar-refractivity contribution in [2.24, 2.45) is 7.05 Å². The van der Waals surface area contributed by atoms with E-state index >= 15 is 0 Å². The van der Waals surface area contributed by atoms with Crippen molar-refractivity contribution >= 4 is 27.3 Å². The van der Waals surface area contributed by atoms with Crippen LogP contribution in [0.25, 0.3) is 0 Å². The minimum atomic E-state index is -3.77. The van der Waals surface area contributed by atoms with Crippen molar-refractivity contribution in [2.45, 2.75) is 17.9 Å². The first kappa shape index (κ1) is 17.3. The lowest BCUT2D eigenvalue weighted by Gasteiger charge is -2.34. The molecule has 0 fully saturated rings. The number of aromatic nitrogens is 1. The second kappa shape index (κ2) is 6.11. The summed E-state index contributed by atoms with van der Waals surface area (Å²) in [6.45, 7) is 2.26. The van der Waals surface area contributed by atoms with Gasteiger partial charge in [0.1, 0.15) is 10.6 Å². The number of nitrogens with one attached hydrogen (secondary N) is 1. The number of para-hydroxylation sites is 2. The summed E-state index contributed by atoms with van der Waals surface area (Å²) < 4.78 is 29.4. The van der Waals surface area contributed by atoms with Gasteiger partial charge in [-0.15, -0.1) is 0 Å². The average Bonchev–Trinajstić information content (AvgIpc) is 2.95. The molecule has 8 heteroatoms. The zero-order valence-corrected chi connectivity index (χ0v) is 15.5. The predicted molar refractivity (Wildman–Crippen MR) is 97.5 cm³/mol. The summed E-state index contributed by atoms with van der Waals surface area (Å²) in [6.07, 6.45) is 1.49. The lowest BCUT2D eigenvalue weighted by molar-refractivity contribution is 0.0818. The van der Waals surface area contributed by atoms with E-state index in [1.165, 1.54) is 21.5 Å². The summed E-state index contributed by atoms with van der Waals surface area (Å²) in [5, 5.41) is 3.29. The fraction of sp³-hybridized carbons (Fsp3) is 0.353. The Balaban J connectivity index is 2.06. The van der Waals surface area contributed by atoms with Crippen molar-refractivity contribution in [3.8, 4) is 0 Å². The van der Waals surface area contributed by atoms with Gasteiger partial charge in [0.25, 0.3) is 15.9 Å². The highest BCUT2D eigenvalue weighted by Gasteiger charge is 2.33. The van der Waals surface area contributed by atoms with E-state index in [1.807, 2.05) is 25.1 Å². The van der Waals surface area contributed by atoms with Gasteiger partial charge in [-0.25, -0.2) is 8.42 Å². The number of aryl methyl sites for hydroxylation is 1. The summed E-state index contributed by atoms with van der Waals surface area (Å²) in [6, 6.07) is 8.74. The molecule has 0 bridgehead atoms. The zero-order chi connectivity index (χ0) is 18.4. The molecule has 0 aliphatic carbocycles. The lowest BCUT2D eigenvalue weighted by Crippen LogP contribution is -2.43. The number of benzene rings is 1. The van der Waals surface area contributed by atoms with Gasteiger partial charge in [0, 0.05) is 33.4 Å². The highest BCUT2D eigenvalue weighted by Crippen LogP contribution is 2.34. The minimum Gasteiger partial charge on any atom is -0.379 e. The Bertz CT molecular complexity index is 918. The molecular weight excluding hydrogens is 340 g/mol. The Hall–Kier alpha value is -2.48. The van der Waals surface area contributed by atoms with Gasteiger partial charge >= 0.3 is 0 Å². The van der Waals surface area contributed by atoms with Crippen molar-refractivity contribution in [2.75, 3.05) is 30.3 Å². The molecule has 1 N–H and O–H groups in total. The molecule has 1 aliphatic rings. The Morgan fingerprint density at radius 2 is 1.96 bits per heavy atom. The number of fused-ring (bicyclic) bond motifs is 1. The SMILES string of the molecule is CC1CN(S(=O)(=O)c2cc(C(=O)N(C)C)n(C)c2)c2ccccc2N1. The number of carbonyl (C=O) groups excluding carboxylic acids is 1. The Morgan fingerprint density at radius 3 is 2.64 bits per heavy atom. The number of nitrogens with zero attached hydrogens (tertiary/aromatic N) is 3. The van der Waals surface area contributed by atoms with Crippen molar-refractivity contribution in [3.05, 3.63) is 42.2 Å². The largest absolute Gasteiger partial charge is 0.379 e. The van der Waals surface area contributed by atoms with Crippen molar-refractivity contribution in [1.82, 2.24) is 9.47 Å². The summed E-state index contributed by atoms with van der Waals surface area (Å²) in [5.41, 5.74) is 1.73. The summed E-state index contributed by atoms with van der Waals surface area (Å²) >= 11 is 0. The molecule has 25 heavy (non-hydrogen) atoms. The highest BCUT2D eigenvalue weighted by atomic mass is 32.2. The molecule has 1 aromatic heterocycles. The normalized spacial score (nSPS) is 17.0. The first-order valence-electron chi connectivity index (χ1n) is 7.98. The lowest BCUT2D eigenvalue weighted by atomic mass is 10.2. The topological polar surface area (TPSA) is 74.7 Å². The number of sulfonamides is 1. The van der Waals surface area contributed by atoms with Crippen LogP contribution in [0, 0.1) is 0 Å². The molecule has 1 aromatic carbocycles. The van der Waals surface area contributed by atoms with Gasteiger partial charge in [0.2, 0.25) is 0 Å². The van der Waals surface area contributed by atoms with E-state index in [4.69, 9.17) is 0 Å². The van der Waals surface area contributed by atoms with Crippen LogP contribution < -0.4 is 9.62 Å². The van der Waals surface area contributed by atoms with Crippen LogP contribution in [0.5, 0.6) is 0 Å². The molecule has 2 heterocycles. The molecule has 0 radical (unpaired) electrons. The fourth-order valence-corrected chi connectivity index (χ4v) is 4.59. The molecule has 1 amide bonds. The number of anilines is 2. The summed E-state index contributed by atoms with van der Waals surface area (Å²) in [4.78, 5) is 13.8. The van der Waals surface area contributed by atoms with E-state index in [0.29, 0.717) is 17.9 Å². The number of amides is 1. The van der Waals surface area contributed by atoms with Gasteiger partial charge in [-0.1, -0.05) is 12.1 Å². The quantitative estimate of drug-likeness (QED) is 0.902. The third-order valence-electron chi connectivity index (χ3n) is 4.21. The van der Waals surface area contributed by atoms with Crippen LogP contribution in [0.4, 0.5) is 11.4 Å². The smallest absolute Gasteiger partial charge is 0.269 e. The summed E-state index contributed by atoms with van der Waals surface area (Å²) in [5.74, 6) is -0.238. The van der Waals surface area contributed by atoms with Gasteiger partial charge in [0.05, 0.1) is 17.9 Å². The van der Waals surface area contributed by atoms with Crippen LogP contribution in [0.1, 0.15) is 17.4 Å². The Labute approximate surface area is 147 Å². The molecule has 2 aromatic rings. The Morgan fingerprint density at radius 1 is 1.28 bits per heavy atom. The van der Waals surface area contributed by atoms with E-state index in [1.54, 1.807) is 31.8 Å². The molecule has 0 saturated carbocycles. The van der Waals surface area contributed by atoms with Crippen LogP contribution in [-0.2, 0) is 17.1 Å². The van der Waals surface area contributed by atoms with Crippen molar-refractivity contribution < 1.29 is 13.2 Å². The van der Waals surface area contributed by atoms with Gasteiger partial charge in [-0.05, 0) is 25.1 Å². The van der Waals surface area contributed by atoms with E-state index in [-0.39, 0.29) is 16.8 Å². The number of carbonyl (C=O) groups is 1. The molecule has 0 spiro atoms. The van der Waals surface area contributed by atoms with Crippen LogP contribution >= 0.6 is 0 Å². The average molecular weight is 362 g/mol. The first-order valence-corrected chi connectivity index (χ1v) is 9.42. The maximum Gasteiger partial charge on any atom is 0.269 e. The fourth-order valence-electron chi connectivity index (χ4n) is 2.94. The second-order valence-corrected chi connectivity index (χ2v) is 8.33. The molecule has 1 atom stereocenters. The van der Waals surface area contributed by atoms with Crippen LogP contribution in [0.15, 0.2) is 41.4 Å². The second-order valence-electron chi connectivity index (χ2n) is 6.47. The maximum absolute atomic E-state index is 13.2. The first-order chi connectivity index (χ1) is 11.7. The standard InChI is InChI=1S/C17H22N4O3S/c1-12-10-21(15-8-6-5-7-14(15)18-12)25(23,24)13-9-16(20(4)11-13)17(22)19(2)3/h5-9,11-12,18H,10H2,1-4H3. The van der Waals surface area contributed by atoms with Gasteiger partial charge in [-0.2, -0.15) is 0 Å². The molecule has 7 nitrogen and oxygen atoms in total. The van der Waals surface area contributed by atoms with Crippen molar-refractivity contribution in [3.63, 3.8) is 0 Å². The van der Waals surface area contributed by atoms with Crippen molar-refractivity contribution in [1.29, 1.82) is 0 Å². The zero-order valence-electron chi connectivity index (χ0n) is 14.7. The monoisotopic (exact) mass is 362 g/mol. The minimum absolute atomic E-state index is 0.0173. The maximum atomic E-state index is 13.2. The molecule has 1 aliphatic heterocycles. The number of hydrogen-bond donors (Lipinski definition) is 1. The van der Waals surface area contributed by atoms with E-state index < -0.39 is 10.0 Å². The van der Waals surface area contributed by atoms with E-state index in [2.05, 4.69) is 5.32 Å². The van der Waals surface area contributed by atoms with Crippen LogP contribution in [-0.4, -0.2) is 50.5 Å². The predicted octanol–water partition coefficient (Wildman–Crippen LogP) is 1.74. The van der Waals surface area contributed by atoms with E-state index in [0.717, 1.165) is 5.69 Å². The third kappa shape index (κ3) is 2.97. The molecular formula is C17H22N4O3S. The highest BCUT2D eigenvalue weighted by molar-refractivity contribution is 7.92. The van der Waals surface area contributed by atoms with Gasteiger partial charge in [-0.3, -0.25) is 9.10 Å². The molecule has 0 saturated heterocycles. The number of rotatable bonds is 3. The Kier molecular flexibility index (Phi) is 4.24. The van der Waals surface area contributed by atoms with Gasteiger partial charge in [0.15, 0.2) is 0 Å².